The van der Waals surface area contributed by atoms with E-state index < -0.39 is 5.97 Å². The smallest absolute Gasteiger partial charge is 0.335 e. The van der Waals surface area contributed by atoms with Crippen LogP contribution in [0.1, 0.15) is 62.0 Å². The molecule has 2 N–H and O–H groups in total. The Kier molecular flexibility index (Phi) is 8.51. The predicted octanol–water partition coefficient (Wildman–Crippen LogP) is 4.40. The Morgan fingerprint density at radius 3 is 2.76 bits per heavy atom. The Bertz CT molecular complexity index is 896. The lowest BCUT2D eigenvalue weighted by molar-refractivity contribution is 0.0696. The van der Waals surface area contributed by atoms with E-state index in [9.17, 15) is 14.7 Å². The van der Waals surface area contributed by atoms with Gasteiger partial charge in [0.1, 0.15) is 10.8 Å². The van der Waals surface area contributed by atoms with Gasteiger partial charge in [-0.1, -0.05) is 24.9 Å². The van der Waals surface area contributed by atoms with Gasteiger partial charge in [0.25, 0.3) is 5.56 Å². The first-order chi connectivity index (χ1) is 13.8. The Balaban J connectivity index is 1.91. The maximum absolute atomic E-state index is 12.2. The molecule has 0 amide bonds. The van der Waals surface area contributed by atoms with E-state index in [1.165, 1.54) is 4.68 Å². The molecule has 0 saturated heterocycles. The number of carboxylic acids is 1. The van der Waals surface area contributed by atoms with Gasteiger partial charge in [-0.3, -0.25) is 4.79 Å². The van der Waals surface area contributed by atoms with Crippen molar-refractivity contribution in [2.24, 2.45) is 0 Å². The van der Waals surface area contributed by atoms with E-state index >= 15 is 0 Å². The minimum atomic E-state index is -0.941. The second kappa shape index (κ2) is 10.9. The summed E-state index contributed by atoms with van der Waals surface area (Å²) in [6.07, 6.45) is 4.99. The van der Waals surface area contributed by atoms with Crippen LogP contribution in [0.4, 0.5) is 5.69 Å². The predicted molar refractivity (Wildman–Crippen MR) is 115 cm³/mol. The fourth-order valence-electron chi connectivity index (χ4n) is 2.83. The number of hydrogen-bond donors (Lipinski definition) is 2. The Morgan fingerprint density at radius 1 is 1.34 bits per heavy atom. The molecular formula is C21H28ClN3O4. The minimum Gasteiger partial charge on any atom is -0.493 e. The first-order valence-electron chi connectivity index (χ1n) is 9.85. The molecule has 0 unspecified atom stereocenters. The highest BCUT2D eigenvalue weighted by atomic mass is 35.5. The quantitative estimate of drug-likeness (QED) is 0.522. The molecule has 0 bridgehead atoms. The van der Waals surface area contributed by atoms with E-state index in [-0.39, 0.29) is 22.2 Å². The first-order valence-corrected chi connectivity index (χ1v) is 10.2. The van der Waals surface area contributed by atoms with Crippen molar-refractivity contribution in [2.45, 2.75) is 52.5 Å². The average Bonchev–Trinajstić information content (AvgIpc) is 2.69. The molecule has 0 aliphatic heterocycles. The van der Waals surface area contributed by atoms with Crippen molar-refractivity contribution in [1.82, 2.24) is 9.78 Å². The third-order valence-corrected chi connectivity index (χ3v) is 4.80. The van der Waals surface area contributed by atoms with Gasteiger partial charge in [-0.15, -0.1) is 0 Å². The van der Waals surface area contributed by atoms with Crippen molar-refractivity contribution in [3.63, 3.8) is 0 Å². The molecule has 0 atom stereocenters. The van der Waals surface area contributed by atoms with Crippen molar-refractivity contribution in [3.8, 4) is 5.75 Å². The number of rotatable bonds is 11. The maximum atomic E-state index is 12.2. The molecule has 1 aromatic heterocycles. The average molecular weight is 422 g/mol. The largest absolute Gasteiger partial charge is 0.493 e. The van der Waals surface area contributed by atoms with Gasteiger partial charge in [0.05, 0.1) is 30.1 Å². The lowest BCUT2D eigenvalue weighted by Gasteiger charge is -2.14. The molecule has 1 heterocycles. The molecule has 2 rings (SSSR count). The summed E-state index contributed by atoms with van der Waals surface area (Å²) in [5.74, 6) is -0.231. The highest BCUT2D eigenvalue weighted by Crippen LogP contribution is 2.23. The SMILES string of the molecule is CCCCc1cc(C(=O)O)ccc1OCCCNc1cnn(C(C)C)c(=O)c1Cl. The number of hydrogen-bond acceptors (Lipinski definition) is 5. The lowest BCUT2D eigenvalue weighted by Crippen LogP contribution is -2.26. The fourth-order valence-corrected chi connectivity index (χ4v) is 3.03. The van der Waals surface area contributed by atoms with E-state index in [0.717, 1.165) is 24.8 Å². The number of benzene rings is 1. The van der Waals surface area contributed by atoms with Gasteiger partial charge in [0, 0.05) is 6.54 Å². The van der Waals surface area contributed by atoms with Crippen molar-refractivity contribution in [2.75, 3.05) is 18.5 Å². The molecule has 0 aliphatic carbocycles. The molecule has 2 aromatic rings. The van der Waals surface area contributed by atoms with Crippen LogP contribution in [0.15, 0.2) is 29.2 Å². The van der Waals surface area contributed by atoms with Crippen molar-refractivity contribution in [1.29, 1.82) is 0 Å². The van der Waals surface area contributed by atoms with Gasteiger partial charge in [-0.2, -0.15) is 5.10 Å². The normalized spacial score (nSPS) is 10.9. The zero-order valence-electron chi connectivity index (χ0n) is 17.1. The molecule has 8 heteroatoms. The van der Waals surface area contributed by atoms with Crippen LogP contribution in [-0.4, -0.2) is 34.0 Å². The number of anilines is 1. The number of halogens is 1. The number of carboxylic acid groups (broad SMARTS) is 1. The molecule has 1 aromatic carbocycles. The zero-order chi connectivity index (χ0) is 21.4. The summed E-state index contributed by atoms with van der Waals surface area (Å²) in [5, 5.41) is 16.5. The molecule has 0 aliphatic rings. The highest BCUT2D eigenvalue weighted by Gasteiger charge is 2.12. The summed E-state index contributed by atoms with van der Waals surface area (Å²) in [7, 11) is 0. The number of aromatic carboxylic acids is 1. The zero-order valence-corrected chi connectivity index (χ0v) is 17.8. The summed E-state index contributed by atoms with van der Waals surface area (Å²) in [6.45, 7) is 6.84. The molecule has 0 fully saturated rings. The lowest BCUT2D eigenvalue weighted by atomic mass is 10.0. The van der Waals surface area contributed by atoms with Crippen LogP contribution in [0, 0.1) is 0 Å². The van der Waals surface area contributed by atoms with Gasteiger partial charge in [-0.05, 0) is 56.9 Å². The number of unbranched alkanes of at least 4 members (excludes halogenated alkanes) is 1. The number of carbonyl (C=O) groups is 1. The summed E-state index contributed by atoms with van der Waals surface area (Å²) in [4.78, 5) is 23.4. The fraction of sp³-hybridized carbons (Fsp3) is 0.476. The second-order valence-corrected chi connectivity index (χ2v) is 7.45. The van der Waals surface area contributed by atoms with Crippen LogP contribution >= 0.6 is 11.6 Å². The number of ether oxygens (including phenoxy) is 1. The summed E-state index contributed by atoms with van der Waals surface area (Å²) >= 11 is 6.15. The third kappa shape index (κ3) is 6.22. The molecule has 7 nitrogen and oxygen atoms in total. The first kappa shape index (κ1) is 22.7. The van der Waals surface area contributed by atoms with Gasteiger partial charge < -0.3 is 15.2 Å². The molecule has 0 saturated carbocycles. The van der Waals surface area contributed by atoms with Crippen molar-refractivity contribution < 1.29 is 14.6 Å². The number of nitrogens with one attached hydrogen (secondary N) is 1. The standard InChI is InChI=1S/C21H28ClN3O4/c1-4-5-7-15-12-16(21(27)28)8-9-18(15)29-11-6-10-23-17-13-24-25(14(2)3)20(26)19(17)22/h8-9,12-14,23H,4-7,10-11H2,1-3H3,(H,27,28). The Hall–Kier alpha value is -2.54. The molecular weight excluding hydrogens is 394 g/mol. The van der Waals surface area contributed by atoms with Crippen LogP contribution in [0.5, 0.6) is 5.75 Å². The van der Waals surface area contributed by atoms with E-state index in [2.05, 4.69) is 17.3 Å². The van der Waals surface area contributed by atoms with Crippen molar-refractivity contribution in [3.05, 3.63) is 50.9 Å². The summed E-state index contributed by atoms with van der Waals surface area (Å²) < 4.78 is 7.21. The molecule has 0 spiro atoms. The molecule has 0 radical (unpaired) electrons. The van der Waals surface area contributed by atoms with Gasteiger partial charge in [0.15, 0.2) is 0 Å². The van der Waals surface area contributed by atoms with Gasteiger partial charge in [0.2, 0.25) is 0 Å². The van der Waals surface area contributed by atoms with E-state index in [0.29, 0.717) is 31.0 Å². The second-order valence-electron chi connectivity index (χ2n) is 7.08. The van der Waals surface area contributed by atoms with Gasteiger partial charge >= 0.3 is 5.97 Å². The molecule has 158 valence electrons. The van der Waals surface area contributed by atoms with Crippen molar-refractivity contribution >= 4 is 23.3 Å². The minimum absolute atomic E-state index is 0.0585. The highest BCUT2D eigenvalue weighted by molar-refractivity contribution is 6.32. The topological polar surface area (TPSA) is 93.4 Å². The van der Waals surface area contributed by atoms with E-state index in [1.807, 2.05) is 13.8 Å². The summed E-state index contributed by atoms with van der Waals surface area (Å²) in [6, 6.07) is 4.90. The van der Waals surface area contributed by atoms with E-state index in [4.69, 9.17) is 16.3 Å². The van der Waals surface area contributed by atoms with Gasteiger partial charge in [-0.25, -0.2) is 9.48 Å². The Morgan fingerprint density at radius 2 is 2.10 bits per heavy atom. The maximum Gasteiger partial charge on any atom is 0.335 e. The monoisotopic (exact) mass is 421 g/mol. The van der Waals surface area contributed by atoms with Crippen LogP contribution in [0.25, 0.3) is 0 Å². The number of nitrogens with zero attached hydrogens (tertiary/aromatic N) is 2. The van der Waals surface area contributed by atoms with Crippen LogP contribution in [-0.2, 0) is 6.42 Å². The number of aryl methyl sites for hydroxylation is 1. The third-order valence-electron chi connectivity index (χ3n) is 4.43. The van der Waals surface area contributed by atoms with Crippen LogP contribution in [0.3, 0.4) is 0 Å². The molecule has 29 heavy (non-hydrogen) atoms. The summed E-state index contributed by atoms with van der Waals surface area (Å²) in [5.41, 5.74) is 1.36. The van der Waals surface area contributed by atoms with E-state index in [1.54, 1.807) is 24.4 Å². The Labute approximate surface area is 175 Å². The van der Waals surface area contributed by atoms with Crippen LogP contribution in [0.2, 0.25) is 5.02 Å². The van der Waals surface area contributed by atoms with Crippen LogP contribution < -0.4 is 15.6 Å². The number of aromatic nitrogens is 2.